The van der Waals surface area contributed by atoms with Crippen molar-refractivity contribution in [1.29, 1.82) is 0 Å². The van der Waals surface area contributed by atoms with Crippen molar-refractivity contribution in [3.8, 4) is 0 Å². The monoisotopic (exact) mass is 437 g/mol. The molecule has 0 saturated heterocycles. The first kappa shape index (κ1) is 27.0. The quantitative estimate of drug-likeness (QED) is 0.192. The van der Waals surface area contributed by atoms with Crippen LogP contribution in [-0.2, 0) is 11.3 Å². The molecule has 4 heteroatoms. The molecule has 0 saturated carbocycles. The number of nitrogens with one attached hydrogen (secondary N) is 1. The summed E-state index contributed by atoms with van der Waals surface area (Å²) >= 11 is 6.29. The van der Waals surface area contributed by atoms with Crippen LogP contribution in [0.2, 0.25) is 5.02 Å². The van der Waals surface area contributed by atoms with E-state index in [0.29, 0.717) is 6.42 Å². The number of carbonyl (C=O) groups excluding carboxylic acids is 1. The molecule has 0 atom stereocenters. The van der Waals surface area contributed by atoms with E-state index in [4.69, 9.17) is 11.6 Å². The van der Waals surface area contributed by atoms with E-state index in [0.717, 1.165) is 42.0 Å². The third-order valence-electron chi connectivity index (χ3n) is 5.83. The van der Waals surface area contributed by atoms with Crippen LogP contribution >= 0.6 is 11.6 Å². The molecule has 1 aromatic carbocycles. The van der Waals surface area contributed by atoms with E-state index >= 15 is 0 Å². The number of carbonyl (C=O) groups is 1. The maximum atomic E-state index is 12.0. The highest BCUT2D eigenvalue weighted by molar-refractivity contribution is 6.31. The van der Waals surface area contributed by atoms with Gasteiger partial charge in [-0.05, 0) is 12.5 Å². The van der Waals surface area contributed by atoms with Gasteiger partial charge in [-0.25, -0.2) is 0 Å². The van der Waals surface area contributed by atoms with Gasteiger partial charge in [-0.2, -0.15) is 0 Å². The number of rotatable bonds is 18. The van der Waals surface area contributed by atoms with E-state index in [9.17, 15) is 4.79 Å². The zero-order chi connectivity index (χ0) is 22.1. The normalized spacial score (nSPS) is 11.6. The van der Waals surface area contributed by atoms with Crippen LogP contribution in [0.15, 0.2) is 24.3 Å². The number of hydrogen-bond donors (Lipinski definition) is 1. The number of halogens is 1. The van der Waals surface area contributed by atoms with Crippen LogP contribution in [0.3, 0.4) is 0 Å². The van der Waals surface area contributed by atoms with Crippen LogP contribution < -0.4 is 5.32 Å². The Kier molecular flexibility index (Phi) is 14.9. The number of hydrogen-bond acceptors (Lipinski definition) is 1. The Morgan fingerprint density at radius 3 is 2.03 bits per heavy atom. The van der Waals surface area contributed by atoms with E-state index < -0.39 is 0 Å². The summed E-state index contributed by atoms with van der Waals surface area (Å²) in [5, 5.41) is 3.93. The third-order valence-corrected chi connectivity index (χ3v) is 6.19. The number of nitrogens with zero attached hydrogens (tertiary/aromatic N) is 1. The Morgan fingerprint density at radius 2 is 1.43 bits per heavy atom. The molecule has 0 bridgehead atoms. The van der Waals surface area contributed by atoms with Crippen molar-refractivity contribution in [3.05, 3.63) is 34.9 Å². The van der Waals surface area contributed by atoms with Gasteiger partial charge >= 0.3 is 0 Å². The van der Waals surface area contributed by atoms with Gasteiger partial charge < -0.3 is 9.80 Å². The van der Waals surface area contributed by atoms with Crippen molar-refractivity contribution in [3.63, 3.8) is 0 Å². The highest BCUT2D eigenvalue weighted by Gasteiger charge is 2.17. The van der Waals surface area contributed by atoms with E-state index in [1.165, 1.54) is 69.8 Å². The Labute approximate surface area is 191 Å². The molecule has 0 aromatic heterocycles. The molecule has 30 heavy (non-hydrogen) atoms. The molecular weight excluding hydrogens is 392 g/mol. The molecule has 172 valence electrons. The molecule has 0 radical (unpaired) electrons. The molecule has 1 N–H and O–H groups in total. The summed E-state index contributed by atoms with van der Waals surface area (Å²) in [5.74, 6) is 0.210. The van der Waals surface area contributed by atoms with E-state index in [1.54, 1.807) is 0 Å². The van der Waals surface area contributed by atoms with Crippen LogP contribution in [0, 0.1) is 0 Å². The molecule has 3 nitrogen and oxygen atoms in total. The summed E-state index contributed by atoms with van der Waals surface area (Å²) in [6, 6.07) is 8.05. The number of quaternary nitrogens is 1. The second-order valence-corrected chi connectivity index (χ2v) is 9.81. The summed E-state index contributed by atoms with van der Waals surface area (Å²) in [6.07, 6.45) is 16.2. The molecule has 0 spiro atoms. The van der Waals surface area contributed by atoms with Crippen LogP contribution in [0.1, 0.15) is 96.0 Å². The Balaban J connectivity index is 1.97. The number of benzene rings is 1. The Morgan fingerprint density at radius 1 is 0.867 bits per heavy atom. The molecule has 0 fully saturated rings. The summed E-state index contributed by atoms with van der Waals surface area (Å²) in [4.78, 5) is 12.0. The largest absolute Gasteiger partial charge is 0.356 e. The van der Waals surface area contributed by atoms with Gasteiger partial charge in [0.05, 0.1) is 20.6 Å². The predicted molar refractivity (Wildman–Crippen MR) is 131 cm³/mol. The first-order valence-corrected chi connectivity index (χ1v) is 12.6. The van der Waals surface area contributed by atoms with Crippen LogP contribution in [0.4, 0.5) is 0 Å². The average molecular weight is 438 g/mol. The zero-order valence-electron chi connectivity index (χ0n) is 19.9. The summed E-state index contributed by atoms with van der Waals surface area (Å²) in [5.41, 5.74) is 1.18. The van der Waals surface area contributed by atoms with Crippen LogP contribution in [-0.4, -0.2) is 37.6 Å². The highest BCUT2D eigenvalue weighted by atomic mass is 35.5. The molecule has 1 amide bonds. The van der Waals surface area contributed by atoms with Gasteiger partial charge in [-0.1, -0.05) is 101 Å². The minimum absolute atomic E-state index is 0.210. The molecule has 0 aliphatic heterocycles. The lowest BCUT2D eigenvalue weighted by Crippen LogP contribution is -2.41. The standard InChI is InChI=1S/C26H45ClN2O/c1-4-5-6-7-8-9-10-11-12-13-14-20-26(30)28-21-17-22-29(2,3)23-24-18-15-16-19-25(24)27/h15-16,18-19H,4-14,17,20-23H2,1-3H3/p+1. The van der Waals surface area contributed by atoms with Crippen molar-refractivity contribution in [2.24, 2.45) is 0 Å². The predicted octanol–water partition coefficient (Wildman–Crippen LogP) is 7.12. The van der Waals surface area contributed by atoms with Gasteiger partial charge in [-0.15, -0.1) is 0 Å². The Bertz CT molecular complexity index is 574. The van der Waals surface area contributed by atoms with Crippen molar-refractivity contribution < 1.29 is 9.28 Å². The van der Waals surface area contributed by atoms with Crippen LogP contribution in [0.25, 0.3) is 0 Å². The minimum atomic E-state index is 0.210. The first-order chi connectivity index (χ1) is 14.4. The van der Waals surface area contributed by atoms with Crippen molar-refractivity contribution >= 4 is 17.5 Å². The van der Waals surface area contributed by atoms with Gasteiger partial charge in [0, 0.05) is 30.0 Å². The molecule has 0 unspecified atom stereocenters. The summed E-state index contributed by atoms with van der Waals surface area (Å²) < 4.78 is 0.873. The lowest BCUT2D eigenvalue weighted by molar-refractivity contribution is -0.903. The van der Waals surface area contributed by atoms with Crippen molar-refractivity contribution in [1.82, 2.24) is 5.32 Å². The molecule has 0 aliphatic rings. The first-order valence-electron chi connectivity index (χ1n) is 12.3. The van der Waals surface area contributed by atoms with E-state index in [-0.39, 0.29) is 5.91 Å². The van der Waals surface area contributed by atoms with Gasteiger partial charge in [0.2, 0.25) is 5.91 Å². The van der Waals surface area contributed by atoms with Gasteiger partial charge in [0.15, 0.2) is 0 Å². The minimum Gasteiger partial charge on any atom is -0.356 e. The highest BCUT2D eigenvalue weighted by Crippen LogP contribution is 2.19. The molecule has 1 rings (SSSR count). The lowest BCUT2D eigenvalue weighted by atomic mass is 10.1. The summed E-state index contributed by atoms with van der Waals surface area (Å²) in [6.45, 7) is 4.96. The fourth-order valence-electron chi connectivity index (χ4n) is 3.94. The smallest absolute Gasteiger partial charge is 0.219 e. The third kappa shape index (κ3) is 14.0. The maximum Gasteiger partial charge on any atom is 0.219 e. The topological polar surface area (TPSA) is 29.1 Å². The Hall–Kier alpha value is -1.06. The number of unbranched alkanes of at least 4 members (excludes halogenated alkanes) is 10. The second-order valence-electron chi connectivity index (χ2n) is 9.40. The SMILES string of the molecule is CCCCCCCCCCCCCC(=O)NCCC[N+](C)(C)Cc1ccccc1Cl. The summed E-state index contributed by atoms with van der Waals surface area (Å²) in [7, 11) is 4.44. The van der Waals surface area contributed by atoms with E-state index in [1.807, 2.05) is 18.2 Å². The lowest BCUT2D eigenvalue weighted by Gasteiger charge is -2.30. The zero-order valence-corrected chi connectivity index (χ0v) is 20.6. The van der Waals surface area contributed by atoms with Gasteiger partial charge in [0.25, 0.3) is 0 Å². The van der Waals surface area contributed by atoms with Gasteiger partial charge in [0.1, 0.15) is 6.54 Å². The molecule has 0 aliphatic carbocycles. The maximum absolute atomic E-state index is 12.0. The molecule has 0 heterocycles. The number of amides is 1. The van der Waals surface area contributed by atoms with Crippen molar-refractivity contribution in [2.75, 3.05) is 27.2 Å². The van der Waals surface area contributed by atoms with Crippen LogP contribution in [0.5, 0.6) is 0 Å². The molecule has 1 aromatic rings. The fourth-order valence-corrected chi connectivity index (χ4v) is 4.14. The van der Waals surface area contributed by atoms with Gasteiger partial charge in [-0.3, -0.25) is 4.79 Å². The second kappa shape index (κ2) is 16.6. The molecular formula is C26H46ClN2O+. The van der Waals surface area contributed by atoms with Crippen molar-refractivity contribution in [2.45, 2.75) is 96.9 Å². The average Bonchev–Trinajstić information content (AvgIpc) is 2.71. The van der Waals surface area contributed by atoms with E-state index in [2.05, 4.69) is 32.4 Å². The fraction of sp³-hybridized carbons (Fsp3) is 0.731.